The van der Waals surface area contributed by atoms with Crippen molar-refractivity contribution in [3.8, 4) is 6.07 Å². The number of hydrogen-bond acceptors (Lipinski definition) is 3. The number of benzene rings is 1. The largest absolute Gasteiger partial charge is 0.268 e. The SMILES string of the molecule is N#Cc1ccc2nc3ccccc3c(=O)n2c1. The molecule has 0 bridgehead atoms. The van der Waals surface area contributed by atoms with Crippen molar-refractivity contribution < 1.29 is 0 Å². The summed E-state index contributed by atoms with van der Waals surface area (Å²) in [6.07, 6.45) is 1.51. The van der Waals surface area contributed by atoms with Crippen LogP contribution in [-0.2, 0) is 0 Å². The number of para-hydroxylation sites is 1. The minimum atomic E-state index is -0.150. The molecule has 0 unspecified atom stereocenters. The maximum absolute atomic E-state index is 12.2. The third-order valence-electron chi connectivity index (χ3n) is 2.64. The van der Waals surface area contributed by atoms with Crippen LogP contribution in [0.2, 0.25) is 0 Å². The molecule has 0 aliphatic carbocycles. The van der Waals surface area contributed by atoms with Gasteiger partial charge in [0.05, 0.1) is 16.5 Å². The van der Waals surface area contributed by atoms with Crippen LogP contribution in [0, 0.1) is 11.3 Å². The van der Waals surface area contributed by atoms with Crippen LogP contribution < -0.4 is 5.56 Å². The zero-order chi connectivity index (χ0) is 11.8. The normalized spacial score (nSPS) is 10.5. The second kappa shape index (κ2) is 3.42. The van der Waals surface area contributed by atoms with E-state index < -0.39 is 0 Å². The fourth-order valence-corrected chi connectivity index (χ4v) is 1.82. The van der Waals surface area contributed by atoms with Gasteiger partial charge in [-0.1, -0.05) is 12.1 Å². The first-order valence-electron chi connectivity index (χ1n) is 5.11. The molecule has 0 spiro atoms. The molecule has 2 heterocycles. The van der Waals surface area contributed by atoms with E-state index in [-0.39, 0.29) is 5.56 Å². The van der Waals surface area contributed by atoms with Gasteiger partial charge in [-0.05, 0) is 24.3 Å². The minimum Gasteiger partial charge on any atom is -0.268 e. The highest BCUT2D eigenvalue weighted by Crippen LogP contribution is 2.09. The van der Waals surface area contributed by atoms with Crippen LogP contribution in [0.15, 0.2) is 47.4 Å². The van der Waals surface area contributed by atoms with Gasteiger partial charge in [0.2, 0.25) is 0 Å². The van der Waals surface area contributed by atoms with Crippen LogP contribution in [0.4, 0.5) is 0 Å². The smallest absolute Gasteiger partial charge is 0.265 e. The highest BCUT2D eigenvalue weighted by molar-refractivity contribution is 5.79. The van der Waals surface area contributed by atoms with E-state index in [9.17, 15) is 4.79 Å². The molecule has 0 aliphatic rings. The molecular formula is C13H7N3O. The molecule has 0 radical (unpaired) electrons. The standard InChI is InChI=1S/C13H7N3O/c14-7-9-5-6-12-15-11-4-2-1-3-10(11)13(17)16(12)8-9/h1-6,8H. The van der Waals surface area contributed by atoms with Crippen molar-refractivity contribution in [1.29, 1.82) is 5.26 Å². The summed E-state index contributed by atoms with van der Waals surface area (Å²) in [6.45, 7) is 0. The summed E-state index contributed by atoms with van der Waals surface area (Å²) in [5.74, 6) is 0. The van der Waals surface area contributed by atoms with Crippen molar-refractivity contribution in [2.75, 3.05) is 0 Å². The van der Waals surface area contributed by atoms with Crippen LogP contribution >= 0.6 is 0 Å². The number of hydrogen-bond donors (Lipinski definition) is 0. The predicted molar refractivity (Wildman–Crippen MR) is 63.7 cm³/mol. The van der Waals surface area contributed by atoms with Crippen LogP contribution in [0.25, 0.3) is 16.6 Å². The summed E-state index contributed by atoms with van der Waals surface area (Å²) >= 11 is 0. The highest BCUT2D eigenvalue weighted by Gasteiger charge is 2.04. The van der Waals surface area contributed by atoms with E-state index in [0.29, 0.717) is 22.1 Å². The van der Waals surface area contributed by atoms with Crippen molar-refractivity contribution >= 4 is 16.6 Å². The average Bonchev–Trinajstić information content (AvgIpc) is 2.39. The van der Waals surface area contributed by atoms with Gasteiger partial charge in [-0.15, -0.1) is 0 Å². The Balaban J connectivity index is 2.57. The summed E-state index contributed by atoms with van der Waals surface area (Å²) in [6, 6.07) is 12.5. The van der Waals surface area contributed by atoms with Gasteiger partial charge in [0.1, 0.15) is 11.7 Å². The van der Waals surface area contributed by atoms with Crippen molar-refractivity contribution in [2.24, 2.45) is 0 Å². The van der Waals surface area contributed by atoms with Crippen molar-refractivity contribution in [1.82, 2.24) is 9.38 Å². The van der Waals surface area contributed by atoms with Crippen molar-refractivity contribution in [3.63, 3.8) is 0 Å². The molecule has 3 aromatic rings. The quantitative estimate of drug-likeness (QED) is 0.543. The Kier molecular flexibility index (Phi) is 1.92. The van der Waals surface area contributed by atoms with E-state index in [0.717, 1.165) is 0 Å². The fraction of sp³-hybridized carbons (Fsp3) is 0. The van der Waals surface area contributed by atoms with Gasteiger partial charge < -0.3 is 0 Å². The van der Waals surface area contributed by atoms with Crippen LogP contribution in [-0.4, -0.2) is 9.38 Å². The number of rotatable bonds is 0. The van der Waals surface area contributed by atoms with E-state index in [1.165, 1.54) is 10.6 Å². The van der Waals surface area contributed by atoms with Gasteiger partial charge in [0, 0.05) is 6.20 Å². The Bertz CT molecular complexity index is 827. The second-order valence-corrected chi connectivity index (χ2v) is 3.69. The lowest BCUT2D eigenvalue weighted by atomic mass is 10.2. The summed E-state index contributed by atoms with van der Waals surface area (Å²) in [5, 5.41) is 9.37. The van der Waals surface area contributed by atoms with E-state index >= 15 is 0 Å². The Morgan fingerprint density at radius 3 is 2.82 bits per heavy atom. The summed E-state index contributed by atoms with van der Waals surface area (Å²) < 4.78 is 1.40. The monoisotopic (exact) mass is 221 g/mol. The predicted octanol–water partition coefficient (Wildman–Crippen LogP) is 1.72. The third-order valence-corrected chi connectivity index (χ3v) is 2.64. The molecule has 80 valence electrons. The zero-order valence-electron chi connectivity index (χ0n) is 8.79. The number of nitriles is 1. The first kappa shape index (κ1) is 9.55. The van der Waals surface area contributed by atoms with Crippen molar-refractivity contribution in [3.05, 3.63) is 58.5 Å². The third kappa shape index (κ3) is 1.37. The number of nitrogens with zero attached hydrogens (tertiary/aromatic N) is 3. The van der Waals surface area contributed by atoms with Gasteiger partial charge in [-0.2, -0.15) is 5.26 Å². The van der Waals surface area contributed by atoms with Crippen molar-refractivity contribution in [2.45, 2.75) is 0 Å². The molecule has 0 atom stereocenters. The molecule has 2 aromatic heterocycles. The lowest BCUT2D eigenvalue weighted by Crippen LogP contribution is -2.15. The van der Waals surface area contributed by atoms with Gasteiger partial charge in [0.15, 0.2) is 0 Å². The molecular weight excluding hydrogens is 214 g/mol. The van der Waals surface area contributed by atoms with Crippen LogP contribution in [0.3, 0.4) is 0 Å². The van der Waals surface area contributed by atoms with Gasteiger partial charge >= 0.3 is 0 Å². The van der Waals surface area contributed by atoms with E-state index in [1.54, 1.807) is 30.3 Å². The summed E-state index contributed by atoms with van der Waals surface area (Å²) in [4.78, 5) is 16.5. The first-order valence-corrected chi connectivity index (χ1v) is 5.11. The number of aromatic nitrogens is 2. The highest BCUT2D eigenvalue weighted by atomic mass is 16.1. The van der Waals surface area contributed by atoms with Gasteiger partial charge in [0.25, 0.3) is 5.56 Å². The van der Waals surface area contributed by atoms with E-state index in [1.807, 2.05) is 12.1 Å². The number of fused-ring (bicyclic) bond motifs is 2. The molecule has 0 N–H and O–H groups in total. The maximum atomic E-state index is 12.2. The maximum Gasteiger partial charge on any atom is 0.265 e. The summed E-state index contributed by atoms with van der Waals surface area (Å²) in [7, 11) is 0. The Labute approximate surface area is 96.4 Å². The van der Waals surface area contributed by atoms with Gasteiger partial charge in [-0.25, -0.2) is 4.98 Å². The molecule has 0 aliphatic heterocycles. The fourth-order valence-electron chi connectivity index (χ4n) is 1.82. The van der Waals surface area contributed by atoms with E-state index in [4.69, 9.17) is 5.26 Å². The molecule has 3 rings (SSSR count). The molecule has 4 heteroatoms. The van der Waals surface area contributed by atoms with Crippen LogP contribution in [0.5, 0.6) is 0 Å². The van der Waals surface area contributed by atoms with Crippen LogP contribution in [0.1, 0.15) is 5.56 Å². The Morgan fingerprint density at radius 1 is 1.18 bits per heavy atom. The average molecular weight is 221 g/mol. The molecule has 4 nitrogen and oxygen atoms in total. The second-order valence-electron chi connectivity index (χ2n) is 3.69. The summed E-state index contributed by atoms with van der Waals surface area (Å²) in [5.41, 5.74) is 1.51. The van der Waals surface area contributed by atoms with E-state index in [2.05, 4.69) is 4.98 Å². The molecule has 1 aromatic carbocycles. The zero-order valence-corrected chi connectivity index (χ0v) is 8.79. The molecule has 0 saturated carbocycles. The topological polar surface area (TPSA) is 58.2 Å². The molecule has 0 fully saturated rings. The molecule has 17 heavy (non-hydrogen) atoms. The van der Waals surface area contributed by atoms with Gasteiger partial charge in [-0.3, -0.25) is 9.20 Å². The minimum absolute atomic E-state index is 0.150. The Morgan fingerprint density at radius 2 is 2.00 bits per heavy atom. The lowest BCUT2D eigenvalue weighted by Gasteiger charge is -2.02. The first-order chi connectivity index (χ1) is 8.29. The Hall–Kier alpha value is -2.67. The molecule has 0 amide bonds. The number of pyridine rings is 1. The lowest BCUT2D eigenvalue weighted by molar-refractivity contribution is 1.07. The molecule has 0 saturated heterocycles.